The van der Waals surface area contributed by atoms with E-state index in [1.165, 1.54) is 6.08 Å². The zero-order chi connectivity index (χ0) is 14.6. The molecule has 0 atom stereocenters. The summed E-state index contributed by atoms with van der Waals surface area (Å²) >= 11 is 17.1. The molecule has 0 aliphatic rings. The molecule has 0 radical (unpaired) electrons. The van der Waals surface area contributed by atoms with Gasteiger partial charge in [0.15, 0.2) is 5.78 Å². The van der Waals surface area contributed by atoms with Crippen molar-refractivity contribution in [3.8, 4) is 5.75 Å². The van der Waals surface area contributed by atoms with E-state index >= 15 is 0 Å². The summed E-state index contributed by atoms with van der Waals surface area (Å²) in [6.45, 7) is 5.73. The molecule has 0 bridgehead atoms. The highest BCUT2D eigenvalue weighted by molar-refractivity contribution is 6.55. The van der Waals surface area contributed by atoms with Crippen LogP contribution in [0.5, 0.6) is 5.75 Å². The van der Waals surface area contributed by atoms with Gasteiger partial charge in [-0.1, -0.05) is 48.7 Å². The van der Waals surface area contributed by atoms with E-state index in [-0.39, 0.29) is 22.8 Å². The van der Waals surface area contributed by atoms with E-state index in [9.17, 15) is 4.79 Å². The lowest BCUT2D eigenvalue weighted by atomic mass is 9.97. The van der Waals surface area contributed by atoms with Crippen molar-refractivity contribution in [1.29, 1.82) is 0 Å². The third-order valence-corrected chi connectivity index (χ3v) is 3.30. The van der Waals surface area contributed by atoms with Crippen LogP contribution in [0.15, 0.2) is 22.7 Å². The zero-order valence-corrected chi connectivity index (χ0v) is 13.2. The van der Waals surface area contributed by atoms with Crippen LogP contribution in [0.1, 0.15) is 29.8 Å². The lowest BCUT2D eigenvalue weighted by molar-refractivity contribution is 0.0938. The van der Waals surface area contributed by atoms with Crippen LogP contribution in [-0.2, 0) is 0 Å². The van der Waals surface area contributed by atoms with Crippen LogP contribution in [0.3, 0.4) is 0 Å². The predicted molar refractivity (Wildman–Crippen MR) is 80.6 cm³/mol. The van der Waals surface area contributed by atoms with Crippen LogP contribution in [0.4, 0.5) is 0 Å². The van der Waals surface area contributed by atoms with Gasteiger partial charge in [-0.05, 0) is 30.7 Å². The molecular weight excluding hydrogens is 307 g/mol. The Morgan fingerprint density at radius 1 is 1.37 bits per heavy atom. The first kappa shape index (κ1) is 16.4. The maximum Gasteiger partial charge on any atom is 0.165 e. The summed E-state index contributed by atoms with van der Waals surface area (Å²) in [5.74, 6) is 0.461. The van der Waals surface area contributed by atoms with Crippen molar-refractivity contribution < 1.29 is 9.53 Å². The first-order valence-corrected chi connectivity index (χ1v) is 6.94. The highest BCUT2D eigenvalue weighted by Gasteiger charge is 2.16. The van der Waals surface area contributed by atoms with Crippen molar-refractivity contribution in [2.45, 2.75) is 20.8 Å². The summed E-state index contributed by atoms with van der Waals surface area (Å²) in [5.41, 5.74) is 1.34. The molecule has 0 aliphatic heterocycles. The Bertz CT molecular complexity index is 504. The second-order valence-corrected chi connectivity index (χ2v) is 5.82. The van der Waals surface area contributed by atoms with E-state index in [2.05, 4.69) is 0 Å². The number of halogens is 3. The van der Waals surface area contributed by atoms with Crippen LogP contribution < -0.4 is 4.74 Å². The van der Waals surface area contributed by atoms with Gasteiger partial charge in [0, 0.05) is 16.5 Å². The lowest BCUT2D eigenvalue weighted by Gasteiger charge is -2.12. The Balaban J connectivity index is 3.03. The smallest absolute Gasteiger partial charge is 0.165 e. The molecule has 0 N–H and O–H groups in total. The molecule has 104 valence electrons. The number of ketones is 1. The van der Waals surface area contributed by atoms with Gasteiger partial charge in [0.1, 0.15) is 16.8 Å². The maximum absolute atomic E-state index is 12.1. The van der Waals surface area contributed by atoms with Gasteiger partial charge in [-0.2, -0.15) is 0 Å². The Morgan fingerprint density at radius 3 is 2.53 bits per heavy atom. The average molecular weight is 322 g/mol. The summed E-state index contributed by atoms with van der Waals surface area (Å²) in [4.78, 5) is 12.1. The zero-order valence-electron chi connectivity index (χ0n) is 11.0. The van der Waals surface area contributed by atoms with Crippen molar-refractivity contribution in [1.82, 2.24) is 0 Å². The van der Waals surface area contributed by atoms with Gasteiger partial charge in [0.05, 0.1) is 0 Å². The van der Waals surface area contributed by atoms with Gasteiger partial charge >= 0.3 is 0 Å². The Morgan fingerprint density at radius 2 is 2.00 bits per heavy atom. The van der Waals surface area contributed by atoms with E-state index in [1.807, 2.05) is 20.8 Å². The lowest BCUT2D eigenvalue weighted by Crippen LogP contribution is -2.10. The fourth-order valence-electron chi connectivity index (χ4n) is 1.51. The molecule has 0 spiro atoms. The van der Waals surface area contributed by atoms with E-state index in [0.717, 1.165) is 5.56 Å². The predicted octanol–water partition coefficient (Wildman–Crippen LogP) is 5.18. The quantitative estimate of drug-likeness (QED) is 0.698. The molecule has 0 amide bonds. The normalized spacial score (nSPS) is 10.5. The van der Waals surface area contributed by atoms with Crippen LogP contribution in [0.25, 0.3) is 0 Å². The van der Waals surface area contributed by atoms with Crippen LogP contribution in [-0.4, -0.2) is 12.4 Å². The molecule has 1 aromatic rings. The maximum atomic E-state index is 12.1. The fourth-order valence-corrected chi connectivity index (χ4v) is 1.84. The minimum absolute atomic E-state index is 0.0377. The van der Waals surface area contributed by atoms with E-state index in [4.69, 9.17) is 39.5 Å². The molecule has 0 fully saturated rings. The second-order valence-electron chi connectivity index (χ2n) is 4.40. The van der Waals surface area contributed by atoms with E-state index in [1.54, 1.807) is 12.1 Å². The van der Waals surface area contributed by atoms with Crippen molar-refractivity contribution in [3.05, 3.63) is 38.8 Å². The first-order chi connectivity index (χ1) is 8.82. The number of ether oxygens (including phenoxy) is 1. The molecule has 5 heteroatoms. The molecule has 1 aromatic carbocycles. The molecule has 0 aliphatic carbocycles. The van der Waals surface area contributed by atoms with Gasteiger partial charge in [0.25, 0.3) is 0 Å². The molecule has 1 rings (SSSR count). The van der Waals surface area contributed by atoms with Gasteiger partial charge in [-0.3, -0.25) is 4.79 Å². The summed E-state index contributed by atoms with van der Waals surface area (Å²) < 4.78 is 5.58. The summed E-state index contributed by atoms with van der Waals surface area (Å²) in [6, 6.07) is 3.36. The number of benzene rings is 1. The van der Waals surface area contributed by atoms with E-state index in [0.29, 0.717) is 16.3 Å². The van der Waals surface area contributed by atoms with Crippen molar-refractivity contribution >= 4 is 40.6 Å². The van der Waals surface area contributed by atoms with Crippen LogP contribution in [0.2, 0.25) is 5.02 Å². The van der Waals surface area contributed by atoms with Gasteiger partial charge in [-0.15, -0.1) is 0 Å². The Kier molecular flexibility index (Phi) is 6.18. The summed E-state index contributed by atoms with van der Waals surface area (Å²) in [5, 5.41) is 0.502. The van der Waals surface area contributed by atoms with E-state index < -0.39 is 0 Å². The number of carbonyl (C=O) groups excluding carboxylic acids is 1. The molecule has 0 unspecified atom stereocenters. The van der Waals surface area contributed by atoms with Crippen LogP contribution >= 0.6 is 34.8 Å². The molecule has 19 heavy (non-hydrogen) atoms. The minimum atomic E-state index is -0.0952. The number of hydrogen-bond acceptors (Lipinski definition) is 2. The number of rotatable bonds is 5. The summed E-state index contributed by atoms with van der Waals surface area (Å²) in [6.07, 6.45) is 1.51. The Labute approximate surface area is 128 Å². The Hall–Kier alpha value is -0.700. The van der Waals surface area contributed by atoms with Gasteiger partial charge in [0.2, 0.25) is 0 Å². The number of Topliss-reactive ketones (excluding diaryl/α,β-unsaturated/α-hetero) is 1. The molecule has 0 aromatic heterocycles. The second kappa shape index (κ2) is 7.18. The van der Waals surface area contributed by atoms with Crippen molar-refractivity contribution in [3.63, 3.8) is 0 Å². The average Bonchev–Trinajstić information content (AvgIpc) is 2.31. The SMILES string of the molecule is Cc1c(Cl)cc(OCC=C(Cl)Cl)cc1C(=O)C(C)C. The monoisotopic (exact) mass is 320 g/mol. The van der Waals surface area contributed by atoms with Gasteiger partial charge < -0.3 is 4.74 Å². The highest BCUT2D eigenvalue weighted by Crippen LogP contribution is 2.28. The van der Waals surface area contributed by atoms with Crippen molar-refractivity contribution in [2.24, 2.45) is 5.92 Å². The highest BCUT2D eigenvalue weighted by atomic mass is 35.5. The largest absolute Gasteiger partial charge is 0.489 e. The third-order valence-electron chi connectivity index (χ3n) is 2.60. The fraction of sp³-hybridized carbons (Fsp3) is 0.357. The van der Waals surface area contributed by atoms with Crippen LogP contribution in [0, 0.1) is 12.8 Å². The molecular formula is C14H15Cl3O2. The number of hydrogen-bond donors (Lipinski definition) is 0. The third kappa shape index (κ3) is 4.72. The number of carbonyl (C=O) groups is 1. The summed E-state index contributed by atoms with van der Waals surface area (Å²) in [7, 11) is 0. The van der Waals surface area contributed by atoms with Gasteiger partial charge in [-0.25, -0.2) is 0 Å². The molecule has 0 saturated heterocycles. The molecule has 0 heterocycles. The first-order valence-electron chi connectivity index (χ1n) is 5.81. The topological polar surface area (TPSA) is 26.3 Å². The standard InChI is InChI=1S/C14H15Cl3O2/c1-8(2)14(18)11-6-10(7-12(15)9(11)3)19-5-4-13(16)17/h4,6-8H,5H2,1-3H3. The molecule has 2 nitrogen and oxygen atoms in total. The molecule has 0 saturated carbocycles. The minimum Gasteiger partial charge on any atom is -0.489 e. The van der Waals surface area contributed by atoms with Crippen molar-refractivity contribution in [2.75, 3.05) is 6.61 Å².